The summed E-state index contributed by atoms with van der Waals surface area (Å²) in [5.41, 5.74) is 0. The molecule has 0 spiro atoms. The smallest absolute Gasteiger partial charge is 0.222 e. The minimum Gasteiger partial charge on any atom is -0.305 e. The van der Waals surface area contributed by atoms with Crippen LogP contribution in [0.2, 0.25) is 0 Å². The van der Waals surface area contributed by atoms with Crippen molar-refractivity contribution in [1.82, 2.24) is 5.32 Å². The van der Waals surface area contributed by atoms with Crippen LogP contribution < -0.4 is 5.32 Å². The summed E-state index contributed by atoms with van der Waals surface area (Å²) in [6.07, 6.45) is 0. The summed E-state index contributed by atoms with van der Waals surface area (Å²) in [5, 5.41) is 3.32. The first-order valence-electron chi connectivity index (χ1n) is 2.40. The Morgan fingerprint density at radius 1 is 1.89 bits per heavy atom. The summed E-state index contributed by atoms with van der Waals surface area (Å²) >= 11 is 0. The van der Waals surface area contributed by atoms with Crippen LogP contribution in [-0.4, -0.2) is 17.0 Å². The zero-order valence-corrected chi connectivity index (χ0v) is 6.51. The highest BCUT2D eigenvalue weighted by atomic mass is 33.1. The number of aliphatic imine (C=N–C) groups is 1. The maximum atomic E-state index is 10.4. The molecule has 1 rings (SSSR count). The second kappa shape index (κ2) is 3.12. The molecule has 0 aromatic rings. The van der Waals surface area contributed by atoms with Gasteiger partial charge in [-0.1, -0.05) is 10.8 Å². The average Bonchev–Trinajstić information content (AvgIpc) is 2.15. The molecule has 1 aliphatic rings. The van der Waals surface area contributed by atoms with Crippen LogP contribution in [0.15, 0.2) is 4.99 Å². The van der Waals surface area contributed by atoms with Crippen molar-refractivity contribution in [2.45, 2.75) is 6.92 Å². The number of carbonyl (C=O) groups is 1. The molecule has 0 radical (unpaired) electrons. The number of amides is 1. The lowest BCUT2D eigenvalue weighted by molar-refractivity contribution is -0.117. The summed E-state index contributed by atoms with van der Waals surface area (Å²) in [4.78, 5) is 14.4. The van der Waals surface area contributed by atoms with Gasteiger partial charge in [0.05, 0.1) is 5.88 Å². The monoisotopic (exact) mass is 162 g/mol. The van der Waals surface area contributed by atoms with Crippen LogP contribution in [0.4, 0.5) is 0 Å². The van der Waals surface area contributed by atoms with Crippen molar-refractivity contribution >= 4 is 32.7 Å². The van der Waals surface area contributed by atoms with Crippen LogP contribution in [0.25, 0.3) is 0 Å². The fraction of sp³-hybridized carbons (Fsp3) is 0.500. The highest BCUT2D eigenvalue weighted by Crippen LogP contribution is 2.27. The number of hydrogen-bond donors (Lipinski definition) is 1. The SMILES string of the molecule is CC(=O)NC1=NCSS1. The normalized spacial score (nSPS) is 17.2. The molecular weight excluding hydrogens is 156 g/mol. The number of nitrogens with zero attached hydrogens (tertiary/aromatic N) is 1. The third kappa shape index (κ3) is 2.28. The Balaban J connectivity index is 2.35. The molecule has 0 fully saturated rings. The van der Waals surface area contributed by atoms with E-state index in [4.69, 9.17) is 0 Å². The van der Waals surface area contributed by atoms with Crippen LogP contribution in [0.5, 0.6) is 0 Å². The molecule has 1 amide bonds. The lowest BCUT2D eigenvalue weighted by Gasteiger charge is -1.94. The molecule has 0 atom stereocenters. The summed E-state index contributed by atoms with van der Waals surface area (Å²) in [7, 11) is 3.13. The summed E-state index contributed by atoms with van der Waals surface area (Å²) in [6, 6.07) is 0. The topological polar surface area (TPSA) is 41.5 Å². The van der Waals surface area contributed by atoms with Crippen molar-refractivity contribution < 1.29 is 4.79 Å². The summed E-state index contributed by atoms with van der Waals surface area (Å²) in [6.45, 7) is 1.48. The first-order chi connectivity index (χ1) is 4.29. The maximum absolute atomic E-state index is 10.4. The Morgan fingerprint density at radius 2 is 2.67 bits per heavy atom. The standard InChI is InChI=1S/C4H6N2OS2/c1-3(7)6-4-5-2-8-9-4/h2H2,1H3,(H,5,6,7). The fourth-order valence-electron chi connectivity index (χ4n) is 0.404. The molecule has 0 aromatic carbocycles. The Hall–Kier alpha value is -0.160. The minimum absolute atomic E-state index is 0.0521. The van der Waals surface area contributed by atoms with Gasteiger partial charge in [0.1, 0.15) is 0 Å². The third-order valence-corrected chi connectivity index (χ3v) is 2.57. The minimum atomic E-state index is -0.0521. The fourth-order valence-corrected chi connectivity index (χ4v) is 2.07. The molecule has 0 saturated carbocycles. The summed E-state index contributed by atoms with van der Waals surface area (Å²) in [5.74, 6) is 0.698. The van der Waals surface area contributed by atoms with Crippen molar-refractivity contribution in [2.24, 2.45) is 4.99 Å². The molecular formula is C4H6N2OS2. The van der Waals surface area contributed by atoms with Crippen LogP contribution >= 0.6 is 21.6 Å². The lowest BCUT2D eigenvalue weighted by Crippen LogP contribution is -2.23. The molecule has 1 aliphatic heterocycles. The molecule has 5 heteroatoms. The van der Waals surface area contributed by atoms with Crippen molar-refractivity contribution in [3.8, 4) is 0 Å². The van der Waals surface area contributed by atoms with Crippen molar-refractivity contribution in [3.05, 3.63) is 0 Å². The van der Waals surface area contributed by atoms with E-state index in [1.807, 2.05) is 0 Å². The predicted octanol–water partition coefficient (Wildman–Crippen LogP) is 0.831. The van der Waals surface area contributed by atoms with E-state index in [2.05, 4.69) is 10.3 Å². The molecule has 0 aromatic heterocycles. The highest BCUT2D eigenvalue weighted by Gasteiger charge is 2.07. The van der Waals surface area contributed by atoms with E-state index in [-0.39, 0.29) is 5.91 Å². The van der Waals surface area contributed by atoms with Gasteiger partial charge in [0.15, 0.2) is 5.17 Å². The Kier molecular flexibility index (Phi) is 2.41. The molecule has 3 nitrogen and oxygen atoms in total. The number of rotatable bonds is 0. The van der Waals surface area contributed by atoms with Gasteiger partial charge in [0.25, 0.3) is 0 Å². The number of hydrogen-bond acceptors (Lipinski definition) is 4. The van der Waals surface area contributed by atoms with Crippen LogP contribution in [0.1, 0.15) is 6.92 Å². The number of carbonyl (C=O) groups excluding carboxylic acids is 1. The molecule has 1 N–H and O–H groups in total. The predicted molar refractivity (Wildman–Crippen MR) is 41.3 cm³/mol. The Labute approximate surface area is 61.1 Å². The lowest BCUT2D eigenvalue weighted by atomic mass is 10.7. The van der Waals surface area contributed by atoms with Crippen LogP contribution in [0, 0.1) is 0 Å². The second-order valence-electron chi connectivity index (χ2n) is 1.47. The molecule has 0 saturated heterocycles. The maximum Gasteiger partial charge on any atom is 0.222 e. The highest BCUT2D eigenvalue weighted by molar-refractivity contribution is 8.82. The zero-order chi connectivity index (χ0) is 6.69. The Morgan fingerprint density at radius 3 is 3.11 bits per heavy atom. The average molecular weight is 162 g/mol. The van der Waals surface area contributed by atoms with Crippen LogP contribution in [0.3, 0.4) is 0 Å². The molecule has 0 bridgehead atoms. The van der Waals surface area contributed by atoms with Crippen LogP contribution in [-0.2, 0) is 4.79 Å². The van der Waals surface area contributed by atoms with Crippen molar-refractivity contribution in [2.75, 3.05) is 5.88 Å². The molecule has 0 aliphatic carbocycles. The molecule has 50 valence electrons. The van der Waals surface area contributed by atoms with Gasteiger partial charge >= 0.3 is 0 Å². The zero-order valence-electron chi connectivity index (χ0n) is 4.88. The largest absolute Gasteiger partial charge is 0.305 e. The van der Waals surface area contributed by atoms with E-state index in [0.717, 1.165) is 11.0 Å². The van der Waals surface area contributed by atoms with Gasteiger partial charge < -0.3 is 5.32 Å². The first kappa shape index (κ1) is 6.95. The van der Waals surface area contributed by atoms with Gasteiger partial charge in [-0.15, -0.1) is 0 Å². The third-order valence-electron chi connectivity index (χ3n) is 0.682. The quantitative estimate of drug-likeness (QED) is 0.536. The van der Waals surface area contributed by atoms with Crippen molar-refractivity contribution in [3.63, 3.8) is 0 Å². The van der Waals surface area contributed by atoms with E-state index in [1.54, 1.807) is 10.8 Å². The van der Waals surface area contributed by atoms with Gasteiger partial charge in [0.2, 0.25) is 5.91 Å². The van der Waals surface area contributed by atoms with Gasteiger partial charge in [-0.3, -0.25) is 4.79 Å². The molecule has 9 heavy (non-hydrogen) atoms. The van der Waals surface area contributed by atoms with E-state index >= 15 is 0 Å². The van der Waals surface area contributed by atoms with E-state index in [1.165, 1.54) is 17.7 Å². The van der Waals surface area contributed by atoms with Gasteiger partial charge in [0, 0.05) is 6.92 Å². The number of amidine groups is 1. The van der Waals surface area contributed by atoms with E-state index in [9.17, 15) is 4.79 Å². The van der Waals surface area contributed by atoms with Gasteiger partial charge in [-0.2, -0.15) is 0 Å². The van der Waals surface area contributed by atoms with E-state index in [0.29, 0.717) is 0 Å². The van der Waals surface area contributed by atoms with Gasteiger partial charge in [-0.05, 0) is 10.8 Å². The van der Waals surface area contributed by atoms with E-state index < -0.39 is 0 Å². The van der Waals surface area contributed by atoms with Gasteiger partial charge in [-0.25, -0.2) is 4.99 Å². The van der Waals surface area contributed by atoms with Crippen molar-refractivity contribution in [1.29, 1.82) is 0 Å². The molecule has 0 unspecified atom stereocenters. The number of nitrogens with one attached hydrogen (secondary N) is 1. The first-order valence-corrected chi connectivity index (χ1v) is 4.72. The molecule has 1 heterocycles. The summed E-state index contributed by atoms with van der Waals surface area (Å²) < 4.78 is 0. The second-order valence-corrected chi connectivity index (χ2v) is 3.73. The Bertz CT molecular complexity index is 157.